The predicted molar refractivity (Wildman–Crippen MR) is 215 cm³/mol. The quantitative estimate of drug-likeness (QED) is 0.137. The van der Waals surface area contributed by atoms with Gasteiger partial charge in [-0.2, -0.15) is 0 Å². The maximum absolute atomic E-state index is 12.6. The molecule has 0 unspecified atom stereocenters. The highest BCUT2D eigenvalue weighted by atomic mass is 16.5. The summed E-state index contributed by atoms with van der Waals surface area (Å²) in [5.74, 6) is 2.16. The lowest BCUT2D eigenvalue weighted by molar-refractivity contribution is -0.117. The van der Waals surface area contributed by atoms with Crippen molar-refractivity contribution < 1.29 is 19.1 Å². The number of amides is 1. The molecule has 0 aliphatic carbocycles. The van der Waals surface area contributed by atoms with E-state index in [1.807, 2.05) is 98.2 Å². The maximum Gasteiger partial charge on any atom is 0.259 e. The Morgan fingerprint density at radius 3 is 1.69 bits per heavy atom. The number of nitrogens with zero attached hydrogens (tertiary/aromatic N) is 4. The van der Waals surface area contributed by atoms with Crippen LogP contribution in [0.5, 0.6) is 17.2 Å². The molecular formula is C44H44N6O4. The zero-order valence-corrected chi connectivity index (χ0v) is 31.4. The van der Waals surface area contributed by atoms with Crippen molar-refractivity contribution in [3.63, 3.8) is 0 Å². The molecule has 7 rings (SSSR count). The molecule has 4 aromatic heterocycles. The maximum atomic E-state index is 12.6. The summed E-state index contributed by atoms with van der Waals surface area (Å²) in [4.78, 5) is 32.7. The van der Waals surface area contributed by atoms with Crippen LogP contribution in [0.15, 0.2) is 116 Å². The van der Waals surface area contributed by atoms with Gasteiger partial charge in [0.15, 0.2) is 0 Å². The highest BCUT2D eigenvalue weighted by Crippen LogP contribution is 2.27. The van der Waals surface area contributed by atoms with Crippen LogP contribution in [0.3, 0.4) is 0 Å². The van der Waals surface area contributed by atoms with E-state index < -0.39 is 0 Å². The summed E-state index contributed by atoms with van der Waals surface area (Å²) in [5.41, 5.74) is 10.8. The number of rotatable bonds is 11. The Morgan fingerprint density at radius 1 is 0.648 bits per heavy atom. The van der Waals surface area contributed by atoms with E-state index in [4.69, 9.17) is 9.47 Å². The normalized spacial score (nSPS) is 10.8. The molecule has 4 heterocycles. The molecule has 10 nitrogen and oxygen atoms in total. The molecule has 0 spiro atoms. The molecule has 0 atom stereocenters. The molecule has 0 saturated heterocycles. The van der Waals surface area contributed by atoms with Crippen molar-refractivity contribution in [3.8, 4) is 17.2 Å². The van der Waals surface area contributed by atoms with E-state index in [0.717, 1.165) is 56.9 Å². The topological polar surface area (TPSA) is 111 Å². The SMILES string of the molecule is C=C(Nc1ccc(Oc2ccc(C)cc2)cc1)c1ccn2c(C)cc(C)nc12.CC(=O)CCOc1ccc(NC(=O)c2ccn3c(C)cc(C)nc23)cc1. The molecule has 0 radical (unpaired) electrons. The van der Waals surface area contributed by atoms with Crippen LogP contribution in [0.25, 0.3) is 17.0 Å². The van der Waals surface area contributed by atoms with Gasteiger partial charge in [-0.1, -0.05) is 24.3 Å². The Hall–Kier alpha value is -6.68. The fourth-order valence-corrected chi connectivity index (χ4v) is 5.94. The smallest absolute Gasteiger partial charge is 0.259 e. The fourth-order valence-electron chi connectivity index (χ4n) is 5.94. The second-order valence-electron chi connectivity index (χ2n) is 13.2. The van der Waals surface area contributed by atoms with Crippen LogP contribution in [0.2, 0.25) is 0 Å². The third-order valence-corrected chi connectivity index (χ3v) is 8.69. The zero-order valence-electron chi connectivity index (χ0n) is 31.4. The number of nitrogens with one attached hydrogen (secondary N) is 2. The van der Waals surface area contributed by atoms with Crippen LogP contribution in [-0.4, -0.2) is 37.1 Å². The van der Waals surface area contributed by atoms with Crippen LogP contribution >= 0.6 is 0 Å². The molecule has 0 aliphatic rings. The van der Waals surface area contributed by atoms with Gasteiger partial charge in [-0.3, -0.25) is 9.59 Å². The predicted octanol–water partition coefficient (Wildman–Crippen LogP) is 9.70. The molecule has 2 N–H and O–H groups in total. The summed E-state index contributed by atoms with van der Waals surface area (Å²) in [7, 11) is 0. The Morgan fingerprint density at radius 2 is 1.13 bits per heavy atom. The van der Waals surface area contributed by atoms with Crippen molar-refractivity contribution in [2.75, 3.05) is 17.2 Å². The van der Waals surface area contributed by atoms with E-state index in [1.54, 1.807) is 30.3 Å². The van der Waals surface area contributed by atoms with Gasteiger partial charge in [-0.15, -0.1) is 0 Å². The van der Waals surface area contributed by atoms with Crippen molar-refractivity contribution >= 4 is 40.1 Å². The van der Waals surface area contributed by atoms with Gasteiger partial charge in [0.2, 0.25) is 0 Å². The van der Waals surface area contributed by atoms with Gasteiger partial charge < -0.3 is 28.9 Å². The summed E-state index contributed by atoms with van der Waals surface area (Å²) < 4.78 is 15.3. The Labute approximate surface area is 315 Å². The zero-order chi connectivity index (χ0) is 38.4. The number of anilines is 2. The molecule has 0 bridgehead atoms. The Bertz CT molecular complexity index is 2440. The summed E-state index contributed by atoms with van der Waals surface area (Å²) in [6.45, 7) is 16.1. The number of hydrogen-bond acceptors (Lipinski definition) is 7. The van der Waals surface area contributed by atoms with Crippen LogP contribution in [-0.2, 0) is 4.79 Å². The highest BCUT2D eigenvalue weighted by Gasteiger charge is 2.15. The molecular weight excluding hydrogens is 677 g/mol. The molecule has 1 amide bonds. The second-order valence-corrected chi connectivity index (χ2v) is 13.2. The minimum Gasteiger partial charge on any atom is -0.493 e. The van der Waals surface area contributed by atoms with Crippen molar-refractivity contribution in [3.05, 3.63) is 156 Å². The lowest BCUT2D eigenvalue weighted by Crippen LogP contribution is -2.12. The minimum atomic E-state index is -0.213. The lowest BCUT2D eigenvalue weighted by atomic mass is 10.2. The van der Waals surface area contributed by atoms with Crippen molar-refractivity contribution in [2.45, 2.75) is 48.0 Å². The first-order chi connectivity index (χ1) is 25.9. The molecule has 10 heteroatoms. The summed E-state index contributed by atoms with van der Waals surface area (Å²) in [6.07, 6.45) is 4.25. The monoisotopic (exact) mass is 720 g/mol. The first-order valence-corrected chi connectivity index (χ1v) is 17.7. The molecule has 274 valence electrons. The molecule has 0 aliphatic heterocycles. The number of carbonyl (C=O) groups is 2. The van der Waals surface area contributed by atoms with Gasteiger partial charge in [0, 0.05) is 64.2 Å². The first kappa shape index (κ1) is 37.1. The number of Topliss-reactive ketones (excluding diaryl/α,β-unsaturated/α-hetero) is 1. The molecule has 7 aromatic rings. The van der Waals surface area contributed by atoms with Crippen LogP contribution < -0.4 is 20.1 Å². The second kappa shape index (κ2) is 16.3. The molecule has 3 aromatic carbocycles. The van der Waals surface area contributed by atoms with E-state index in [1.165, 1.54) is 12.5 Å². The number of aromatic nitrogens is 4. The van der Waals surface area contributed by atoms with Crippen LogP contribution in [0.4, 0.5) is 11.4 Å². The lowest BCUT2D eigenvalue weighted by Gasteiger charge is -2.11. The van der Waals surface area contributed by atoms with E-state index >= 15 is 0 Å². The average Bonchev–Trinajstić information content (AvgIpc) is 3.76. The number of hydrogen-bond donors (Lipinski definition) is 2. The largest absolute Gasteiger partial charge is 0.493 e. The highest BCUT2D eigenvalue weighted by molar-refractivity contribution is 6.08. The molecule has 54 heavy (non-hydrogen) atoms. The van der Waals surface area contributed by atoms with Crippen LogP contribution in [0.1, 0.15) is 57.6 Å². The van der Waals surface area contributed by atoms with Crippen molar-refractivity contribution in [2.24, 2.45) is 0 Å². The standard InChI is InChI=1S/C24H23N3O.C20H21N3O3/c1-16-5-9-21(10-6-16)28-22-11-7-20(8-12-22)26-19(4)23-13-14-27-18(3)15-17(2)25-24(23)27;1-13-12-14(2)23-10-8-18(19(23)21-13)20(25)22-16-4-6-17(7-5-16)26-11-9-15(3)24/h5-15,26H,4H2,1-3H3;4-8,10,12H,9,11H2,1-3H3,(H,22,25). The van der Waals surface area contributed by atoms with E-state index in [2.05, 4.69) is 51.5 Å². The molecule has 0 fully saturated rings. The molecule has 0 saturated carbocycles. The Kier molecular flexibility index (Phi) is 11.2. The van der Waals surface area contributed by atoms with E-state index in [0.29, 0.717) is 35.7 Å². The fraction of sp³-hybridized carbons (Fsp3) is 0.182. The van der Waals surface area contributed by atoms with Crippen LogP contribution in [0, 0.1) is 34.6 Å². The summed E-state index contributed by atoms with van der Waals surface area (Å²) in [5, 5.41) is 6.25. The van der Waals surface area contributed by atoms with E-state index in [-0.39, 0.29) is 11.7 Å². The first-order valence-electron chi connectivity index (χ1n) is 17.7. The summed E-state index contributed by atoms with van der Waals surface area (Å²) in [6, 6.07) is 30.8. The number of ketones is 1. The Balaban J connectivity index is 0.000000185. The van der Waals surface area contributed by atoms with E-state index in [9.17, 15) is 9.59 Å². The van der Waals surface area contributed by atoms with Gasteiger partial charge in [0.05, 0.1) is 12.2 Å². The number of benzene rings is 3. The minimum absolute atomic E-state index is 0.0905. The van der Waals surface area contributed by atoms with Crippen molar-refractivity contribution in [1.29, 1.82) is 0 Å². The van der Waals surface area contributed by atoms with Gasteiger partial charge in [-0.25, -0.2) is 9.97 Å². The third kappa shape index (κ3) is 9.02. The summed E-state index contributed by atoms with van der Waals surface area (Å²) >= 11 is 0. The number of fused-ring (bicyclic) bond motifs is 2. The van der Waals surface area contributed by atoms with Gasteiger partial charge in [-0.05, 0) is 126 Å². The average molecular weight is 721 g/mol. The number of carbonyl (C=O) groups excluding carboxylic acids is 2. The van der Waals surface area contributed by atoms with Gasteiger partial charge >= 0.3 is 0 Å². The number of ether oxygens (including phenoxy) is 2. The van der Waals surface area contributed by atoms with Gasteiger partial charge in [0.25, 0.3) is 5.91 Å². The van der Waals surface area contributed by atoms with Crippen molar-refractivity contribution in [1.82, 2.24) is 18.8 Å². The van der Waals surface area contributed by atoms with Gasteiger partial charge in [0.1, 0.15) is 34.3 Å². The third-order valence-electron chi connectivity index (χ3n) is 8.69. The number of aryl methyl sites for hydroxylation is 5.